The minimum absolute atomic E-state index is 0.0382. The maximum Gasteiger partial charge on any atom is 0.303 e. The van der Waals surface area contributed by atoms with Gasteiger partial charge in [0.15, 0.2) is 73.8 Å². The molecule has 0 aromatic carbocycles. The molecule has 3 aliphatic heterocycles. The minimum Gasteiger partial charge on any atom is -0.463 e. The van der Waals surface area contributed by atoms with E-state index in [0.717, 1.165) is 154 Å². The summed E-state index contributed by atoms with van der Waals surface area (Å²) in [5, 5.41) is 2.87. The Balaban J connectivity index is 2.33. The maximum atomic E-state index is 15.1. The Hall–Kier alpha value is -7.13. The molecule has 0 spiro atoms. The summed E-state index contributed by atoms with van der Waals surface area (Å²) in [4.78, 5) is 173. The highest BCUT2D eigenvalue weighted by Crippen LogP contribution is 2.39. The second-order valence-corrected chi connectivity index (χ2v) is 30.2. The first-order valence-corrected chi connectivity index (χ1v) is 41.9. The molecule has 115 heavy (non-hydrogen) atoms. The second kappa shape index (κ2) is 57.9. The molecule has 0 aromatic rings. The van der Waals surface area contributed by atoms with Crippen molar-refractivity contribution in [2.75, 3.05) is 19.8 Å². The summed E-state index contributed by atoms with van der Waals surface area (Å²) in [6.45, 7) is 15.7. The van der Waals surface area contributed by atoms with Crippen LogP contribution in [0.15, 0.2) is 0 Å². The molecule has 0 radical (unpaired) electrons. The number of carbonyl (C=O) groups is 13. The summed E-state index contributed by atoms with van der Waals surface area (Å²) in [5.74, 6) is -12.3. The Morgan fingerprint density at radius 2 is 0.617 bits per heavy atom. The quantitative estimate of drug-likeness (QED) is 0.0336. The number of unbranched alkanes of at least 4 members (excludes halogenated alkanes) is 29. The lowest BCUT2D eigenvalue weighted by Crippen LogP contribution is -2.69. The molecule has 660 valence electrons. The second-order valence-electron chi connectivity index (χ2n) is 30.2. The smallest absolute Gasteiger partial charge is 0.303 e. The van der Waals surface area contributed by atoms with Gasteiger partial charge in [0.1, 0.15) is 43.7 Å². The molecule has 0 bridgehead atoms. The first-order chi connectivity index (χ1) is 54.8. The van der Waals surface area contributed by atoms with Crippen molar-refractivity contribution in [1.82, 2.24) is 5.32 Å². The van der Waals surface area contributed by atoms with Crippen molar-refractivity contribution < 1.29 is 148 Å². The van der Waals surface area contributed by atoms with Crippen LogP contribution in [0.4, 0.5) is 0 Å². The van der Waals surface area contributed by atoms with Gasteiger partial charge >= 0.3 is 71.6 Å². The molecule has 0 unspecified atom stereocenters. The number of nitrogens with one attached hydrogen (secondary N) is 1. The van der Waals surface area contributed by atoms with Crippen molar-refractivity contribution in [2.24, 2.45) is 0 Å². The number of hydrogen-bond donors (Lipinski definition) is 1. The zero-order valence-electron chi connectivity index (χ0n) is 71.1. The highest BCUT2D eigenvalue weighted by Gasteiger charge is 2.60. The van der Waals surface area contributed by atoms with Crippen LogP contribution in [0.2, 0.25) is 0 Å². The van der Waals surface area contributed by atoms with Crippen LogP contribution in [-0.2, 0) is 148 Å². The van der Waals surface area contributed by atoms with Gasteiger partial charge < -0.3 is 90.6 Å². The van der Waals surface area contributed by atoms with Crippen LogP contribution in [0.25, 0.3) is 0 Å². The van der Waals surface area contributed by atoms with Crippen LogP contribution in [0, 0.1) is 0 Å². The van der Waals surface area contributed by atoms with Gasteiger partial charge in [0.25, 0.3) is 5.91 Å². The first kappa shape index (κ1) is 102. The van der Waals surface area contributed by atoms with Crippen LogP contribution < -0.4 is 5.32 Å². The van der Waals surface area contributed by atoms with Crippen molar-refractivity contribution in [2.45, 2.75) is 432 Å². The van der Waals surface area contributed by atoms with E-state index in [1.54, 1.807) is 0 Å². The van der Waals surface area contributed by atoms with Gasteiger partial charge in [-0.3, -0.25) is 62.3 Å². The van der Waals surface area contributed by atoms with E-state index in [1.165, 1.54) is 110 Å². The van der Waals surface area contributed by atoms with E-state index in [-0.39, 0.29) is 12.8 Å². The summed E-state index contributed by atoms with van der Waals surface area (Å²) in [7, 11) is 0. The van der Waals surface area contributed by atoms with Crippen LogP contribution in [-0.4, -0.2) is 214 Å². The molecule has 32 nitrogen and oxygen atoms in total. The molecule has 1 N–H and O–H groups in total. The van der Waals surface area contributed by atoms with Gasteiger partial charge in [-0.25, -0.2) is 0 Å². The third-order valence-corrected chi connectivity index (χ3v) is 19.7. The maximum absolute atomic E-state index is 15.1. The SMILES string of the molecule is CCCCCCCCCCCCCCCCCCCC[C@@H](OC(C)=O)C(=O)N[C@@H](CO[C@@H]1O[C@H](COC(C)=O)[C@@H](O[C@@H]2O[C@H](COC(C)=O)[C@H](OC(C)=O)[C@H](OC(C)=O)[C@H]2OC(C)=O)[C@H](O[C@@H]2O[C@@H](C)[C@@H](OC(C)=O)[C@@H](OC(C)=O)[C@@H]2OC(C)=O)[C@H]1OC(C)=O)[C@H](OC(C)=O)[C@@H](CCCCCCCCCCCCCCC)OC(C)=O. The van der Waals surface area contributed by atoms with Crippen molar-refractivity contribution in [1.29, 1.82) is 0 Å². The highest BCUT2D eigenvalue weighted by atomic mass is 16.8. The van der Waals surface area contributed by atoms with Gasteiger partial charge in [-0.1, -0.05) is 200 Å². The van der Waals surface area contributed by atoms with Crippen LogP contribution in [0.5, 0.6) is 0 Å². The topological polar surface area (TPSA) is 400 Å². The first-order valence-electron chi connectivity index (χ1n) is 41.9. The number of carbonyl (C=O) groups excluding carboxylic acids is 13. The number of ether oxygens (including phenoxy) is 18. The van der Waals surface area contributed by atoms with Crippen molar-refractivity contribution in [3.63, 3.8) is 0 Å². The summed E-state index contributed by atoms with van der Waals surface area (Å²) >= 11 is 0. The van der Waals surface area contributed by atoms with Crippen molar-refractivity contribution >= 4 is 77.5 Å². The fourth-order valence-electron chi connectivity index (χ4n) is 14.5. The lowest BCUT2D eigenvalue weighted by molar-refractivity contribution is -0.386. The van der Waals surface area contributed by atoms with Crippen LogP contribution in [0.1, 0.15) is 316 Å². The largest absolute Gasteiger partial charge is 0.463 e. The van der Waals surface area contributed by atoms with Gasteiger partial charge in [0.05, 0.1) is 18.8 Å². The predicted molar refractivity (Wildman–Crippen MR) is 412 cm³/mol. The molecule has 32 heteroatoms. The Labute approximate surface area is 679 Å². The molecular weight excluding hydrogens is 1510 g/mol. The molecule has 3 fully saturated rings. The molecule has 0 aliphatic carbocycles. The summed E-state index contributed by atoms with van der Waals surface area (Å²) in [6.07, 6.45) is 0.888. The molecule has 3 aliphatic rings. The normalized spacial score (nSPS) is 24.2. The summed E-state index contributed by atoms with van der Waals surface area (Å²) < 4.78 is 109. The fraction of sp³-hybridized carbons (Fsp3) is 0.843. The fourth-order valence-corrected chi connectivity index (χ4v) is 14.5. The van der Waals surface area contributed by atoms with Crippen molar-refractivity contribution in [3.05, 3.63) is 0 Å². The van der Waals surface area contributed by atoms with Crippen LogP contribution in [0.3, 0.4) is 0 Å². The number of esters is 12. The molecule has 3 heterocycles. The van der Waals surface area contributed by atoms with Gasteiger partial charge in [-0.15, -0.1) is 0 Å². The monoisotopic (exact) mass is 1640 g/mol. The van der Waals surface area contributed by atoms with Gasteiger partial charge in [-0.2, -0.15) is 0 Å². The number of amides is 1. The summed E-state index contributed by atoms with van der Waals surface area (Å²) in [5.41, 5.74) is 0. The lowest BCUT2D eigenvalue weighted by atomic mass is 9.95. The number of hydrogen-bond acceptors (Lipinski definition) is 31. The molecule has 19 atom stereocenters. The molecular formula is C83H137NO31. The Morgan fingerprint density at radius 1 is 0.304 bits per heavy atom. The Kier molecular flexibility index (Phi) is 51.4. The highest BCUT2D eigenvalue weighted by molar-refractivity contribution is 5.83. The Morgan fingerprint density at radius 3 is 1.00 bits per heavy atom. The zero-order valence-corrected chi connectivity index (χ0v) is 71.1. The standard InChI is InChI=1S/C83H137NO31/c1-16-18-20-22-24-26-28-30-31-32-33-34-36-38-40-42-44-46-48-67(103-56(7)88)80(97)84-65(71(105-58(9)90)66(102-55(6)87)47-45-43-41-39-37-35-29-27-25-23-21-19-17-2)49-100-81-77(109-62(13)94)76(115-82-78(110-63(14)95)74(107-60(11)92)70(52(3)101-82)104-57(8)89)73(69(112-81)51-99-54(5)86)114-83-79(111-64(15)96)75(108-61(12)93)72(106-59(10)91)68(113-83)50-98-53(4)85/h52,65-79,81-83H,16-51H2,1-15H3,(H,84,97)/t52-,65-,66+,67+,68+,69+,70+,71-,72-,73+,74+,75-,76-,77+,78-,79+,81+,82-,83-/m0/s1. The zero-order chi connectivity index (χ0) is 85.4. The third-order valence-electron chi connectivity index (χ3n) is 19.7. The number of rotatable bonds is 58. The van der Waals surface area contributed by atoms with E-state index in [1.807, 2.05) is 0 Å². The van der Waals surface area contributed by atoms with Gasteiger partial charge in [-0.05, 0) is 32.6 Å². The van der Waals surface area contributed by atoms with E-state index >= 15 is 4.79 Å². The van der Waals surface area contributed by atoms with E-state index in [2.05, 4.69) is 19.2 Å². The van der Waals surface area contributed by atoms with E-state index in [9.17, 15) is 57.5 Å². The molecule has 0 saturated carbocycles. The molecule has 3 saturated heterocycles. The van der Waals surface area contributed by atoms with E-state index < -0.39 is 214 Å². The van der Waals surface area contributed by atoms with Gasteiger partial charge in [0.2, 0.25) is 0 Å². The molecule has 0 aromatic heterocycles. The Bertz CT molecular complexity index is 2930. The van der Waals surface area contributed by atoms with Crippen molar-refractivity contribution in [3.8, 4) is 0 Å². The van der Waals surface area contributed by atoms with Gasteiger partial charge in [0, 0.05) is 83.1 Å². The molecule has 1 amide bonds. The third kappa shape index (κ3) is 42.2. The minimum atomic E-state index is -2.13. The average molecular weight is 1640 g/mol. The average Bonchev–Trinajstić information content (AvgIpc) is 0.760. The summed E-state index contributed by atoms with van der Waals surface area (Å²) in [6, 6.07) is -1.63. The van der Waals surface area contributed by atoms with E-state index in [0.29, 0.717) is 25.7 Å². The van der Waals surface area contributed by atoms with Crippen LogP contribution >= 0.6 is 0 Å². The van der Waals surface area contributed by atoms with E-state index in [4.69, 9.17) is 85.3 Å². The molecule has 3 rings (SSSR count). The lowest BCUT2D eigenvalue weighted by Gasteiger charge is -2.50. The predicted octanol–water partition coefficient (Wildman–Crippen LogP) is 11.8.